The van der Waals surface area contributed by atoms with Crippen LogP contribution in [0.2, 0.25) is 0 Å². The molecule has 0 radical (unpaired) electrons. The maximum absolute atomic E-state index is 3.80. The van der Waals surface area contributed by atoms with Crippen LogP contribution in [0.3, 0.4) is 0 Å². The fraction of sp³-hybridized carbons (Fsp3) is 0.429. The van der Waals surface area contributed by atoms with Crippen LogP contribution in [0.25, 0.3) is 0 Å². The number of hydrogen-bond donors (Lipinski definition) is 1. The molecule has 0 saturated carbocycles. The summed E-state index contributed by atoms with van der Waals surface area (Å²) in [5.74, 6) is 0. The molecule has 1 rings (SSSR count). The Labute approximate surface area is 93.2 Å². The molecule has 0 amide bonds. The molecular weight excluding hydrogens is 182 g/mol. The number of likely N-dealkylation sites (N-methyl/N-ethyl adjacent to an activating group) is 1. The number of benzene rings is 1. The van der Waals surface area contributed by atoms with Gasteiger partial charge in [-0.1, -0.05) is 42.8 Å². The smallest absolute Gasteiger partial charge is 0.0142 e. The molecule has 0 bridgehead atoms. The third-order valence-corrected chi connectivity index (χ3v) is 2.55. The molecule has 15 heavy (non-hydrogen) atoms. The molecular formula is C14H21N. The topological polar surface area (TPSA) is 12.0 Å². The minimum atomic E-state index is 0.523. The zero-order valence-electron chi connectivity index (χ0n) is 9.79. The first-order valence-electron chi connectivity index (χ1n) is 5.66. The van der Waals surface area contributed by atoms with Crippen molar-refractivity contribution < 1.29 is 0 Å². The van der Waals surface area contributed by atoms with Gasteiger partial charge in [-0.2, -0.15) is 0 Å². The van der Waals surface area contributed by atoms with Crippen molar-refractivity contribution in [1.82, 2.24) is 5.32 Å². The second-order valence-corrected chi connectivity index (χ2v) is 3.97. The lowest BCUT2D eigenvalue weighted by Crippen LogP contribution is -2.30. The van der Waals surface area contributed by atoms with Crippen molar-refractivity contribution in [2.24, 2.45) is 0 Å². The van der Waals surface area contributed by atoms with Gasteiger partial charge in [0.15, 0.2) is 0 Å². The zero-order valence-corrected chi connectivity index (χ0v) is 9.79. The molecule has 1 N–H and O–H groups in total. The van der Waals surface area contributed by atoms with E-state index in [-0.39, 0.29) is 0 Å². The summed E-state index contributed by atoms with van der Waals surface area (Å²) in [6.45, 7) is 9.08. The van der Waals surface area contributed by atoms with Crippen LogP contribution < -0.4 is 5.32 Å². The monoisotopic (exact) mass is 203 g/mol. The fourth-order valence-corrected chi connectivity index (χ4v) is 1.74. The number of rotatable bonds is 6. The van der Waals surface area contributed by atoms with E-state index in [1.165, 1.54) is 11.1 Å². The molecule has 1 aromatic carbocycles. The standard InChI is InChI=1S/C14H21N/c1-4-6-14(15-5-2)11-13-9-7-12(3)8-10-13/h4,7-10,14-15H,1,5-6,11H2,2-3H3. The highest BCUT2D eigenvalue weighted by Gasteiger charge is 2.05. The lowest BCUT2D eigenvalue weighted by atomic mass is 10.0. The van der Waals surface area contributed by atoms with Gasteiger partial charge in [-0.25, -0.2) is 0 Å². The van der Waals surface area contributed by atoms with Gasteiger partial charge >= 0.3 is 0 Å². The highest BCUT2D eigenvalue weighted by atomic mass is 14.9. The van der Waals surface area contributed by atoms with Crippen molar-refractivity contribution in [2.45, 2.75) is 32.7 Å². The van der Waals surface area contributed by atoms with Crippen molar-refractivity contribution >= 4 is 0 Å². The second kappa shape index (κ2) is 6.41. The predicted octanol–water partition coefficient (Wildman–Crippen LogP) is 3.09. The number of aryl methyl sites for hydroxylation is 1. The molecule has 1 unspecified atom stereocenters. The first kappa shape index (κ1) is 12.0. The van der Waals surface area contributed by atoms with Crippen LogP contribution in [-0.2, 0) is 6.42 Å². The minimum Gasteiger partial charge on any atom is -0.314 e. The van der Waals surface area contributed by atoms with Gasteiger partial charge < -0.3 is 5.32 Å². The Morgan fingerprint density at radius 2 is 2.00 bits per heavy atom. The summed E-state index contributed by atoms with van der Waals surface area (Å²) in [6.07, 6.45) is 4.10. The summed E-state index contributed by atoms with van der Waals surface area (Å²) in [7, 11) is 0. The van der Waals surface area contributed by atoms with E-state index < -0.39 is 0 Å². The van der Waals surface area contributed by atoms with E-state index in [4.69, 9.17) is 0 Å². The Morgan fingerprint density at radius 1 is 1.33 bits per heavy atom. The Kier molecular flexibility index (Phi) is 5.13. The maximum Gasteiger partial charge on any atom is 0.0142 e. The van der Waals surface area contributed by atoms with E-state index in [1.54, 1.807) is 0 Å². The van der Waals surface area contributed by atoms with E-state index in [2.05, 4.69) is 50.0 Å². The average molecular weight is 203 g/mol. The molecule has 0 aliphatic carbocycles. The Balaban J connectivity index is 2.56. The van der Waals surface area contributed by atoms with E-state index in [0.29, 0.717) is 6.04 Å². The lowest BCUT2D eigenvalue weighted by Gasteiger charge is -2.16. The SMILES string of the molecule is C=CCC(Cc1ccc(C)cc1)NCC. The highest BCUT2D eigenvalue weighted by Crippen LogP contribution is 2.08. The minimum absolute atomic E-state index is 0.523. The predicted molar refractivity (Wildman–Crippen MR) is 67.2 cm³/mol. The number of hydrogen-bond acceptors (Lipinski definition) is 1. The molecule has 0 aliphatic heterocycles. The van der Waals surface area contributed by atoms with Gasteiger partial charge in [-0.3, -0.25) is 0 Å². The van der Waals surface area contributed by atoms with Gasteiger partial charge in [0.1, 0.15) is 0 Å². The third-order valence-electron chi connectivity index (χ3n) is 2.55. The van der Waals surface area contributed by atoms with Crippen molar-refractivity contribution in [3.63, 3.8) is 0 Å². The lowest BCUT2D eigenvalue weighted by molar-refractivity contribution is 0.529. The maximum atomic E-state index is 3.80. The van der Waals surface area contributed by atoms with Gasteiger partial charge in [0, 0.05) is 6.04 Å². The summed E-state index contributed by atoms with van der Waals surface area (Å²) in [5, 5.41) is 3.48. The Morgan fingerprint density at radius 3 is 2.53 bits per heavy atom. The Bertz CT molecular complexity index is 287. The second-order valence-electron chi connectivity index (χ2n) is 3.97. The highest BCUT2D eigenvalue weighted by molar-refractivity contribution is 5.22. The fourth-order valence-electron chi connectivity index (χ4n) is 1.74. The van der Waals surface area contributed by atoms with Crippen LogP contribution in [0.1, 0.15) is 24.5 Å². The molecule has 0 fully saturated rings. The van der Waals surface area contributed by atoms with Crippen LogP contribution in [0.4, 0.5) is 0 Å². The van der Waals surface area contributed by atoms with Crippen molar-refractivity contribution in [1.29, 1.82) is 0 Å². The summed E-state index contributed by atoms with van der Waals surface area (Å²) in [4.78, 5) is 0. The van der Waals surface area contributed by atoms with E-state index in [1.807, 2.05) is 6.08 Å². The van der Waals surface area contributed by atoms with Crippen LogP contribution in [0, 0.1) is 6.92 Å². The molecule has 1 atom stereocenters. The molecule has 1 heteroatoms. The summed E-state index contributed by atoms with van der Waals surface area (Å²) >= 11 is 0. The Hall–Kier alpha value is -1.08. The van der Waals surface area contributed by atoms with E-state index in [0.717, 1.165) is 19.4 Å². The molecule has 0 aromatic heterocycles. The van der Waals surface area contributed by atoms with E-state index in [9.17, 15) is 0 Å². The average Bonchev–Trinajstić information content (AvgIpc) is 2.22. The van der Waals surface area contributed by atoms with Crippen LogP contribution in [0.5, 0.6) is 0 Å². The van der Waals surface area contributed by atoms with Gasteiger partial charge in [0.2, 0.25) is 0 Å². The van der Waals surface area contributed by atoms with Crippen molar-refractivity contribution in [3.8, 4) is 0 Å². The van der Waals surface area contributed by atoms with Crippen molar-refractivity contribution in [2.75, 3.05) is 6.54 Å². The van der Waals surface area contributed by atoms with Crippen LogP contribution >= 0.6 is 0 Å². The first-order chi connectivity index (χ1) is 7.26. The van der Waals surface area contributed by atoms with Gasteiger partial charge in [-0.15, -0.1) is 6.58 Å². The van der Waals surface area contributed by atoms with Crippen molar-refractivity contribution in [3.05, 3.63) is 48.0 Å². The summed E-state index contributed by atoms with van der Waals surface area (Å²) in [5.41, 5.74) is 2.72. The zero-order chi connectivity index (χ0) is 11.1. The molecule has 1 nitrogen and oxygen atoms in total. The molecule has 82 valence electrons. The first-order valence-corrected chi connectivity index (χ1v) is 5.66. The van der Waals surface area contributed by atoms with Gasteiger partial charge in [0.25, 0.3) is 0 Å². The third kappa shape index (κ3) is 4.30. The molecule has 0 spiro atoms. The van der Waals surface area contributed by atoms with Gasteiger partial charge in [-0.05, 0) is 31.9 Å². The van der Waals surface area contributed by atoms with Crippen LogP contribution in [-0.4, -0.2) is 12.6 Å². The van der Waals surface area contributed by atoms with Gasteiger partial charge in [0.05, 0.1) is 0 Å². The molecule has 0 heterocycles. The quantitative estimate of drug-likeness (QED) is 0.701. The molecule has 0 saturated heterocycles. The molecule has 1 aromatic rings. The van der Waals surface area contributed by atoms with Crippen LogP contribution in [0.15, 0.2) is 36.9 Å². The summed E-state index contributed by atoms with van der Waals surface area (Å²) in [6, 6.07) is 9.29. The number of nitrogens with one attached hydrogen (secondary N) is 1. The summed E-state index contributed by atoms with van der Waals surface area (Å²) < 4.78 is 0. The molecule has 0 aliphatic rings. The normalized spacial score (nSPS) is 12.4. The largest absolute Gasteiger partial charge is 0.314 e. The van der Waals surface area contributed by atoms with E-state index >= 15 is 0 Å².